The predicted octanol–water partition coefficient (Wildman–Crippen LogP) is 0.0179. The smallest absolute Gasteiger partial charge is 0.239 e. The first-order chi connectivity index (χ1) is 10.3. The van der Waals surface area contributed by atoms with Crippen molar-refractivity contribution in [3.63, 3.8) is 0 Å². The van der Waals surface area contributed by atoms with Crippen LogP contribution in [0.4, 0.5) is 22.1 Å². The van der Waals surface area contributed by atoms with E-state index >= 15 is 0 Å². The number of anilines is 3. The molecule has 0 aromatic carbocycles. The number of nitrogens with two attached hydrogens (primary N) is 1. The summed E-state index contributed by atoms with van der Waals surface area (Å²) in [5, 5.41) is 0. The average molecular weight is 290 g/mol. The number of hydrogen-bond donors (Lipinski definition) is 2. The quantitative estimate of drug-likeness (QED) is 0.603. The van der Waals surface area contributed by atoms with Gasteiger partial charge in [-0.3, -0.25) is 5.43 Å². The number of halogens is 1. The summed E-state index contributed by atoms with van der Waals surface area (Å²) < 4.78 is 13.8. The Bertz CT molecular complexity index is 599. The fourth-order valence-corrected chi connectivity index (χ4v) is 2.22. The summed E-state index contributed by atoms with van der Waals surface area (Å²) in [6, 6.07) is 1.78. The fraction of sp³-hybridized carbons (Fsp3) is 0.333. The molecule has 3 heterocycles. The summed E-state index contributed by atoms with van der Waals surface area (Å²) in [5.74, 6) is 5.93. The van der Waals surface area contributed by atoms with Gasteiger partial charge >= 0.3 is 0 Å². The van der Waals surface area contributed by atoms with E-state index in [2.05, 4.69) is 30.3 Å². The van der Waals surface area contributed by atoms with Crippen LogP contribution in [0, 0.1) is 5.82 Å². The van der Waals surface area contributed by atoms with E-state index in [1.54, 1.807) is 18.5 Å². The van der Waals surface area contributed by atoms with Crippen molar-refractivity contribution in [1.29, 1.82) is 0 Å². The van der Waals surface area contributed by atoms with Crippen LogP contribution in [0.15, 0.2) is 24.7 Å². The molecular weight excluding hydrogens is 275 g/mol. The van der Waals surface area contributed by atoms with Gasteiger partial charge in [0, 0.05) is 38.6 Å². The highest BCUT2D eigenvalue weighted by molar-refractivity contribution is 5.45. The molecule has 8 nitrogen and oxygen atoms in total. The van der Waals surface area contributed by atoms with Crippen molar-refractivity contribution in [2.45, 2.75) is 0 Å². The van der Waals surface area contributed by atoms with Crippen molar-refractivity contribution in [2.24, 2.45) is 5.84 Å². The molecule has 2 aromatic rings. The van der Waals surface area contributed by atoms with Crippen LogP contribution in [0.1, 0.15) is 0 Å². The molecule has 1 saturated heterocycles. The Morgan fingerprint density at radius 2 is 1.71 bits per heavy atom. The first kappa shape index (κ1) is 13.4. The molecule has 0 amide bonds. The van der Waals surface area contributed by atoms with E-state index in [0.717, 1.165) is 6.20 Å². The zero-order valence-corrected chi connectivity index (χ0v) is 11.3. The Morgan fingerprint density at radius 1 is 1.05 bits per heavy atom. The number of hydrogen-bond acceptors (Lipinski definition) is 8. The van der Waals surface area contributed by atoms with E-state index in [1.165, 1.54) is 0 Å². The molecule has 0 saturated carbocycles. The van der Waals surface area contributed by atoms with Gasteiger partial charge in [-0.15, -0.1) is 0 Å². The molecule has 1 aliphatic heterocycles. The zero-order valence-electron chi connectivity index (χ0n) is 11.3. The Hall–Kier alpha value is -2.55. The largest absolute Gasteiger partial charge is 0.350 e. The van der Waals surface area contributed by atoms with Gasteiger partial charge in [0.1, 0.15) is 0 Å². The maximum Gasteiger partial charge on any atom is 0.239 e. The van der Waals surface area contributed by atoms with Crippen molar-refractivity contribution < 1.29 is 4.39 Å². The van der Waals surface area contributed by atoms with Gasteiger partial charge in [0.2, 0.25) is 11.9 Å². The Kier molecular flexibility index (Phi) is 3.73. The number of nitrogens with one attached hydrogen (secondary N) is 1. The molecule has 1 fully saturated rings. The van der Waals surface area contributed by atoms with Crippen molar-refractivity contribution in [3.8, 4) is 0 Å². The van der Waals surface area contributed by atoms with Crippen LogP contribution in [0.3, 0.4) is 0 Å². The standard InChI is InChI=1S/C12H15FN8/c13-9-8-17-11(19-14)18-10(9)20-4-6-21(7-5-20)12-15-2-1-3-16-12/h1-3,8H,4-7,14H2,(H,17,18,19). The molecule has 21 heavy (non-hydrogen) atoms. The van der Waals surface area contributed by atoms with Crippen LogP contribution in [0.5, 0.6) is 0 Å². The van der Waals surface area contributed by atoms with Crippen molar-refractivity contribution >= 4 is 17.7 Å². The number of aromatic nitrogens is 4. The molecule has 0 spiro atoms. The molecule has 0 bridgehead atoms. The Balaban J connectivity index is 1.71. The van der Waals surface area contributed by atoms with Gasteiger partial charge < -0.3 is 9.80 Å². The summed E-state index contributed by atoms with van der Waals surface area (Å²) in [5.41, 5.74) is 2.32. The number of nitrogen functional groups attached to an aromatic ring is 1. The second kappa shape index (κ2) is 5.83. The molecule has 1 aliphatic rings. The van der Waals surface area contributed by atoms with Gasteiger partial charge in [-0.25, -0.2) is 25.2 Å². The molecule has 110 valence electrons. The fourth-order valence-electron chi connectivity index (χ4n) is 2.22. The number of hydrazine groups is 1. The predicted molar refractivity (Wildman–Crippen MR) is 76.3 cm³/mol. The van der Waals surface area contributed by atoms with Gasteiger partial charge in [0.15, 0.2) is 11.6 Å². The van der Waals surface area contributed by atoms with E-state index in [9.17, 15) is 4.39 Å². The molecule has 2 aromatic heterocycles. The molecule has 0 atom stereocenters. The summed E-state index contributed by atoms with van der Waals surface area (Å²) >= 11 is 0. The molecular formula is C12H15FN8. The molecule has 3 N–H and O–H groups in total. The molecule has 0 unspecified atom stereocenters. The minimum absolute atomic E-state index is 0.195. The number of nitrogens with zero attached hydrogens (tertiary/aromatic N) is 6. The lowest BCUT2D eigenvalue weighted by molar-refractivity contribution is 0.580. The third-order valence-corrected chi connectivity index (χ3v) is 3.27. The first-order valence-electron chi connectivity index (χ1n) is 6.54. The minimum atomic E-state index is -0.460. The van der Waals surface area contributed by atoms with Gasteiger partial charge in [-0.2, -0.15) is 4.98 Å². The minimum Gasteiger partial charge on any atom is -0.350 e. The van der Waals surface area contributed by atoms with E-state index in [1.807, 2.05) is 4.90 Å². The lowest BCUT2D eigenvalue weighted by Crippen LogP contribution is -2.47. The molecule has 9 heteroatoms. The van der Waals surface area contributed by atoms with Crippen LogP contribution in [-0.4, -0.2) is 46.1 Å². The van der Waals surface area contributed by atoms with Gasteiger partial charge in [0.25, 0.3) is 0 Å². The lowest BCUT2D eigenvalue weighted by atomic mass is 10.3. The highest BCUT2D eigenvalue weighted by Gasteiger charge is 2.22. The maximum atomic E-state index is 13.8. The Labute approximate surface area is 120 Å². The van der Waals surface area contributed by atoms with Crippen LogP contribution in [0.25, 0.3) is 0 Å². The topological polar surface area (TPSA) is 96.1 Å². The van der Waals surface area contributed by atoms with E-state index in [0.29, 0.717) is 32.1 Å². The van der Waals surface area contributed by atoms with Gasteiger partial charge in [0.05, 0.1) is 6.20 Å². The summed E-state index contributed by atoms with van der Waals surface area (Å²) in [7, 11) is 0. The van der Waals surface area contributed by atoms with Crippen molar-refractivity contribution in [1.82, 2.24) is 19.9 Å². The zero-order chi connectivity index (χ0) is 14.7. The first-order valence-corrected chi connectivity index (χ1v) is 6.54. The third kappa shape index (κ3) is 2.82. The van der Waals surface area contributed by atoms with Gasteiger partial charge in [-0.1, -0.05) is 0 Å². The second-order valence-electron chi connectivity index (χ2n) is 4.53. The third-order valence-electron chi connectivity index (χ3n) is 3.27. The highest BCUT2D eigenvalue weighted by atomic mass is 19.1. The van der Waals surface area contributed by atoms with Crippen LogP contribution < -0.4 is 21.1 Å². The molecule has 3 rings (SSSR count). The summed E-state index contributed by atoms with van der Waals surface area (Å²) in [6.45, 7) is 2.63. The summed E-state index contributed by atoms with van der Waals surface area (Å²) in [6.07, 6.45) is 4.53. The maximum absolute atomic E-state index is 13.8. The number of piperazine rings is 1. The van der Waals surface area contributed by atoms with E-state index in [4.69, 9.17) is 5.84 Å². The van der Waals surface area contributed by atoms with Crippen molar-refractivity contribution in [2.75, 3.05) is 41.4 Å². The van der Waals surface area contributed by atoms with Crippen molar-refractivity contribution in [3.05, 3.63) is 30.5 Å². The summed E-state index contributed by atoms with van der Waals surface area (Å²) in [4.78, 5) is 20.1. The second-order valence-corrected chi connectivity index (χ2v) is 4.53. The van der Waals surface area contributed by atoms with E-state index < -0.39 is 5.82 Å². The SMILES string of the molecule is NNc1ncc(F)c(N2CCN(c3ncccn3)CC2)n1. The molecule has 0 aliphatic carbocycles. The van der Waals surface area contributed by atoms with E-state index in [-0.39, 0.29) is 11.8 Å². The van der Waals surface area contributed by atoms with Gasteiger partial charge in [-0.05, 0) is 6.07 Å². The highest BCUT2D eigenvalue weighted by Crippen LogP contribution is 2.19. The average Bonchev–Trinajstić information content (AvgIpc) is 2.56. The monoisotopic (exact) mass is 290 g/mol. The number of rotatable bonds is 3. The lowest BCUT2D eigenvalue weighted by Gasteiger charge is -2.35. The Morgan fingerprint density at radius 3 is 2.38 bits per heavy atom. The van der Waals surface area contributed by atoms with Crippen LogP contribution >= 0.6 is 0 Å². The van der Waals surface area contributed by atoms with Crippen LogP contribution in [-0.2, 0) is 0 Å². The molecule has 0 radical (unpaired) electrons. The van der Waals surface area contributed by atoms with Crippen LogP contribution in [0.2, 0.25) is 0 Å². The normalized spacial score (nSPS) is 15.1.